The quantitative estimate of drug-likeness (QED) is 0.822. The molecule has 2 rings (SSSR count). The van der Waals surface area contributed by atoms with Gasteiger partial charge >= 0.3 is 0 Å². The number of halogens is 1. The average molecular weight is 209 g/mol. The van der Waals surface area contributed by atoms with Gasteiger partial charge in [0.05, 0.1) is 7.11 Å². The smallest absolute Gasteiger partial charge is 0.131 e. The van der Waals surface area contributed by atoms with E-state index in [0.717, 1.165) is 0 Å². The Balaban J connectivity index is 1.95. The van der Waals surface area contributed by atoms with Gasteiger partial charge in [0.1, 0.15) is 11.6 Å². The topological polar surface area (TPSA) is 21.3 Å². The SMILES string of the molecule is COc1ccc(CNC2CCC2)c(F)c1. The van der Waals surface area contributed by atoms with Crippen LogP contribution in [0.5, 0.6) is 5.75 Å². The van der Waals surface area contributed by atoms with Crippen molar-refractivity contribution in [3.8, 4) is 5.75 Å². The van der Waals surface area contributed by atoms with E-state index in [9.17, 15) is 4.39 Å². The van der Waals surface area contributed by atoms with Crippen molar-refractivity contribution in [3.63, 3.8) is 0 Å². The molecule has 3 heteroatoms. The van der Waals surface area contributed by atoms with Crippen LogP contribution < -0.4 is 10.1 Å². The molecule has 1 aliphatic rings. The molecule has 1 saturated carbocycles. The van der Waals surface area contributed by atoms with Crippen LogP contribution >= 0.6 is 0 Å². The standard InChI is InChI=1S/C12H16FNO/c1-15-11-6-5-9(12(13)7-11)8-14-10-3-2-4-10/h5-7,10,14H,2-4,8H2,1H3. The predicted molar refractivity (Wildman–Crippen MR) is 57.4 cm³/mol. The van der Waals surface area contributed by atoms with Crippen LogP contribution in [0, 0.1) is 5.82 Å². The monoisotopic (exact) mass is 209 g/mol. The molecule has 15 heavy (non-hydrogen) atoms. The fourth-order valence-corrected chi connectivity index (χ4v) is 1.67. The number of benzene rings is 1. The minimum atomic E-state index is -0.193. The third kappa shape index (κ3) is 2.48. The first-order valence-electron chi connectivity index (χ1n) is 5.35. The van der Waals surface area contributed by atoms with Gasteiger partial charge in [-0.15, -0.1) is 0 Å². The minimum absolute atomic E-state index is 0.193. The summed E-state index contributed by atoms with van der Waals surface area (Å²) < 4.78 is 18.4. The van der Waals surface area contributed by atoms with Crippen molar-refractivity contribution in [1.82, 2.24) is 5.32 Å². The number of nitrogens with one attached hydrogen (secondary N) is 1. The van der Waals surface area contributed by atoms with Crippen LogP contribution in [0.25, 0.3) is 0 Å². The van der Waals surface area contributed by atoms with E-state index in [1.165, 1.54) is 25.3 Å². The molecule has 0 saturated heterocycles. The van der Waals surface area contributed by atoms with Gasteiger partial charge in [-0.25, -0.2) is 4.39 Å². The fourth-order valence-electron chi connectivity index (χ4n) is 1.67. The van der Waals surface area contributed by atoms with E-state index in [1.807, 2.05) is 0 Å². The summed E-state index contributed by atoms with van der Waals surface area (Å²) in [6, 6.07) is 5.59. The lowest BCUT2D eigenvalue weighted by Crippen LogP contribution is -2.34. The van der Waals surface area contributed by atoms with Crippen LogP contribution in [0.2, 0.25) is 0 Å². The zero-order chi connectivity index (χ0) is 10.7. The van der Waals surface area contributed by atoms with Gasteiger partial charge in [0.15, 0.2) is 0 Å². The molecular weight excluding hydrogens is 193 g/mol. The Hall–Kier alpha value is -1.09. The number of hydrogen-bond donors (Lipinski definition) is 1. The molecule has 1 aromatic carbocycles. The second kappa shape index (κ2) is 4.62. The van der Waals surface area contributed by atoms with Gasteiger partial charge in [-0.1, -0.05) is 12.5 Å². The van der Waals surface area contributed by atoms with Crippen LogP contribution in [-0.2, 0) is 6.54 Å². The Morgan fingerprint density at radius 3 is 2.80 bits per heavy atom. The molecule has 0 aliphatic heterocycles. The Labute approximate surface area is 89.4 Å². The van der Waals surface area contributed by atoms with E-state index in [4.69, 9.17) is 4.74 Å². The summed E-state index contributed by atoms with van der Waals surface area (Å²) in [4.78, 5) is 0. The molecule has 1 aromatic rings. The fraction of sp³-hybridized carbons (Fsp3) is 0.500. The molecule has 1 aliphatic carbocycles. The maximum absolute atomic E-state index is 13.5. The molecule has 2 nitrogen and oxygen atoms in total. The van der Waals surface area contributed by atoms with Gasteiger partial charge in [0, 0.05) is 24.2 Å². The third-order valence-corrected chi connectivity index (χ3v) is 2.95. The van der Waals surface area contributed by atoms with Gasteiger partial charge in [-0.3, -0.25) is 0 Å². The highest BCUT2D eigenvalue weighted by Crippen LogP contribution is 2.20. The van der Waals surface area contributed by atoms with Crippen molar-refractivity contribution in [2.24, 2.45) is 0 Å². The highest BCUT2D eigenvalue weighted by molar-refractivity contribution is 5.28. The second-order valence-electron chi connectivity index (χ2n) is 3.97. The zero-order valence-corrected chi connectivity index (χ0v) is 8.92. The number of methoxy groups -OCH3 is 1. The summed E-state index contributed by atoms with van der Waals surface area (Å²) in [6.45, 7) is 0.612. The van der Waals surface area contributed by atoms with Gasteiger partial charge < -0.3 is 10.1 Å². The zero-order valence-electron chi connectivity index (χ0n) is 8.92. The molecule has 1 N–H and O–H groups in total. The van der Waals surface area contributed by atoms with E-state index < -0.39 is 0 Å². The summed E-state index contributed by atoms with van der Waals surface area (Å²) in [6.07, 6.45) is 3.73. The molecule has 0 amide bonds. The Kier molecular flexibility index (Phi) is 3.21. The molecule has 0 bridgehead atoms. The molecule has 0 unspecified atom stereocenters. The number of ether oxygens (including phenoxy) is 1. The van der Waals surface area contributed by atoms with Crippen LogP contribution in [0.3, 0.4) is 0 Å². The Morgan fingerprint density at radius 1 is 1.47 bits per heavy atom. The van der Waals surface area contributed by atoms with Crippen LogP contribution in [0.1, 0.15) is 24.8 Å². The third-order valence-electron chi connectivity index (χ3n) is 2.95. The Morgan fingerprint density at radius 2 is 2.27 bits per heavy atom. The van der Waals surface area contributed by atoms with Crippen molar-refractivity contribution in [3.05, 3.63) is 29.6 Å². The van der Waals surface area contributed by atoms with Crippen molar-refractivity contribution < 1.29 is 9.13 Å². The number of hydrogen-bond acceptors (Lipinski definition) is 2. The lowest BCUT2D eigenvalue weighted by atomic mass is 9.93. The first kappa shape index (κ1) is 10.4. The largest absolute Gasteiger partial charge is 0.497 e. The van der Waals surface area contributed by atoms with Crippen molar-refractivity contribution in [2.45, 2.75) is 31.8 Å². The minimum Gasteiger partial charge on any atom is -0.497 e. The molecule has 0 atom stereocenters. The second-order valence-corrected chi connectivity index (χ2v) is 3.97. The van der Waals surface area contributed by atoms with Crippen molar-refractivity contribution >= 4 is 0 Å². The molecular formula is C12H16FNO. The number of rotatable bonds is 4. The predicted octanol–water partition coefficient (Wildman–Crippen LogP) is 2.48. The highest BCUT2D eigenvalue weighted by Gasteiger charge is 2.16. The van der Waals surface area contributed by atoms with E-state index in [-0.39, 0.29) is 5.82 Å². The first-order valence-corrected chi connectivity index (χ1v) is 5.35. The molecule has 0 spiro atoms. The summed E-state index contributed by atoms with van der Waals surface area (Å²) >= 11 is 0. The van der Waals surface area contributed by atoms with Crippen LogP contribution in [0.4, 0.5) is 4.39 Å². The molecule has 1 fully saturated rings. The van der Waals surface area contributed by atoms with E-state index in [0.29, 0.717) is 23.9 Å². The summed E-state index contributed by atoms with van der Waals surface area (Å²) in [5, 5.41) is 3.33. The summed E-state index contributed by atoms with van der Waals surface area (Å²) in [5.41, 5.74) is 0.711. The van der Waals surface area contributed by atoms with E-state index in [2.05, 4.69) is 5.32 Å². The molecule has 0 heterocycles. The van der Waals surface area contributed by atoms with Gasteiger partial charge in [0.2, 0.25) is 0 Å². The maximum atomic E-state index is 13.5. The van der Waals surface area contributed by atoms with E-state index >= 15 is 0 Å². The maximum Gasteiger partial charge on any atom is 0.131 e. The lowest BCUT2D eigenvalue weighted by molar-refractivity contribution is 0.336. The normalized spacial score (nSPS) is 16.1. The summed E-state index contributed by atoms with van der Waals surface area (Å²) in [5.74, 6) is 0.376. The van der Waals surface area contributed by atoms with Gasteiger partial charge in [0.25, 0.3) is 0 Å². The van der Waals surface area contributed by atoms with Gasteiger partial charge in [-0.2, -0.15) is 0 Å². The average Bonchev–Trinajstić information content (AvgIpc) is 2.18. The molecule has 0 radical (unpaired) electrons. The van der Waals surface area contributed by atoms with Crippen molar-refractivity contribution in [2.75, 3.05) is 7.11 Å². The Bertz CT molecular complexity index is 336. The summed E-state index contributed by atoms with van der Waals surface area (Å²) in [7, 11) is 1.54. The molecule has 0 aromatic heterocycles. The van der Waals surface area contributed by atoms with Crippen LogP contribution in [-0.4, -0.2) is 13.2 Å². The highest BCUT2D eigenvalue weighted by atomic mass is 19.1. The van der Waals surface area contributed by atoms with Crippen molar-refractivity contribution in [1.29, 1.82) is 0 Å². The van der Waals surface area contributed by atoms with Crippen LogP contribution in [0.15, 0.2) is 18.2 Å². The lowest BCUT2D eigenvalue weighted by Gasteiger charge is -2.26. The van der Waals surface area contributed by atoms with E-state index in [1.54, 1.807) is 19.2 Å². The van der Waals surface area contributed by atoms with Gasteiger partial charge in [-0.05, 0) is 18.9 Å². The molecule has 82 valence electrons. The first-order chi connectivity index (χ1) is 7.29.